The van der Waals surface area contributed by atoms with Crippen LogP contribution in [-0.2, 0) is 22.4 Å². The summed E-state index contributed by atoms with van der Waals surface area (Å²) in [5, 5.41) is 2.91. The molecular formula is C14H14ClNO2. The van der Waals surface area contributed by atoms with E-state index in [0.717, 1.165) is 29.5 Å². The van der Waals surface area contributed by atoms with Gasteiger partial charge >= 0.3 is 0 Å². The Morgan fingerprint density at radius 3 is 2.39 bits per heavy atom. The number of aryl methyl sites for hydroxylation is 1. The van der Waals surface area contributed by atoms with Gasteiger partial charge in [-0.05, 0) is 35.6 Å². The molecule has 1 aliphatic rings. The second kappa shape index (κ2) is 4.94. The lowest BCUT2D eigenvalue weighted by molar-refractivity contribution is -0.123. The number of amides is 2. The summed E-state index contributed by atoms with van der Waals surface area (Å²) in [5.74, 6) is -0.703. The molecule has 1 aromatic rings. The molecule has 0 fully saturated rings. The number of rotatable bonds is 3. The summed E-state index contributed by atoms with van der Waals surface area (Å²) in [4.78, 5) is 23.1. The molecule has 0 atom stereocenters. The molecule has 1 aromatic carbocycles. The molecule has 0 saturated heterocycles. The van der Waals surface area contributed by atoms with Crippen LogP contribution in [0.15, 0.2) is 18.2 Å². The minimum atomic E-state index is -0.362. The number of benzene rings is 1. The number of halogens is 1. The zero-order valence-electron chi connectivity index (χ0n) is 10.3. The Kier molecular flexibility index (Phi) is 3.53. The maximum absolute atomic E-state index is 11.8. The first-order valence-corrected chi connectivity index (χ1v) is 6.33. The molecule has 0 saturated carbocycles. The lowest BCUT2D eigenvalue weighted by atomic mass is 9.91. The van der Waals surface area contributed by atoms with Gasteiger partial charge in [0.2, 0.25) is 0 Å². The fraction of sp³-hybridized carbons (Fsp3) is 0.286. The van der Waals surface area contributed by atoms with Crippen molar-refractivity contribution in [1.82, 2.24) is 5.32 Å². The van der Waals surface area contributed by atoms with Crippen molar-refractivity contribution in [2.45, 2.75) is 26.7 Å². The summed E-state index contributed by atoms with van der Waals surface area (Å²) in [7, 11) is 0. The Balaban J connectivity index is 2.68. The molecule has 0 radical (unpaired) electrons. The molecule has 2 amide bonds. The Morgan fingerprint density at radius 1 is 1.17 bits per heavy atom. The molecule has 0 spiro atoms. The molecule has 18 heavy (non-hydrogen) atoms. The van der Waals surface area contributed by atoms with Crippen molar-refractivity contribution in [3.05, 3.63) is 39.9 Å². The highest BCUT2D eigenvalue weighted by Crippen LogP contribution is 2.31. The SMILES string of the molecule is CCc1ccc(Cl)c(CC)c1C1=CC(=O)NC1=O. The fourth-order valence-electron chi connectivity index (χ4n) is 2.24. The molecule has 1 heterocycles. The molecule has 3 nitrogen and oxygen atoms in total. The van der Waals surface area contributed by atoms with Gasteiger partial charge in [0.25, 0.3) is 11.8 Å². The quantitative estimate of drug-likeness (QED) is 0.852. The highest BCUT2D eigenvalue weighted by Gasteiger charge is 2.26. The number of carbonyl (C=O) groups is 2. The van der Waals surface area contributed by atoms with E-state index < -0.39 is 0 Å². The van der Waals surface area contributed by atoms with Gasteiger partial charge in [0.15, 0.2) is 0 Å². The van der Waals surface area contributed by atoms with Gasteiger partial charge in [-0.2, -0.15) is 0 Å². The van der Waals surface area contributed by atoms with E-state index in [1.807, 2.05) is 26.0 Å². The van der Waals surface area contributed by atoms with Gasteiger partial charge in [0.1, 0.15) is 0 Å². The van der Waals surface area contributed by atoms with Crippen molar-refractivity contribution in [3.8, 4) is 0 Å². The Bertz CT molecular complexity index is 561. The van der Waals surface area contributed by atoms with Gasteiger partial charge in [0, 0.05) is 11.1 Å². The van der Waals surface area contributed by atoms with Crippen LogP contribution in [0.4, 0.5) is 0 Å². The molecule has 0 aliphatic carbocycles. The van der Waals surface area contributed by atoms with Crippen LogP contribution in [-0.4, -0.2) is 11.8 Å². The standard InChI is InChI=1S/C14H14ClNO2/c1-3-8-5-6-11(15)9(4-2)13(8)10-7-12(17)16-14(10)18/h5-7H,3-4H2,1-2H3,(H,16,17,18). The van der Waals surface area contributed by atoms with Gasteiger partial charge in [-0.15, -0.1) is 0 Å². The lowest BCUT2D eigenvalue weighted by Gasteiger charge is -2.14. The zero-order valence-corrected chi connectivity index (χ0v) is 11.1. The van der Waals surface area contributed by atoms with E-state index in [1.165, 1.54) is 6.08 Å². The van der Waals surface area contributed by atoms with Crippen molar-refractivity contribution >= 4 is 29.0 Å². The maximum Gasteiger partial charge on any atom is 0.258 e. The summed E-state index contributed by atoms with van der Waals surface area (Å²) >= 11 is 6.18. The van der Waals surface area contributed by atoms with Crippen molar-refractivity contribution in [3.63, 3.8) is 0 Å². The first-order chi connectivity index (χ1) is 8.58. The zero-order chi connectivity index (χ0) is 13.3. The molecule has 0 unspecified atom stereocenters. The first kappa shape index (κ1) is 12.8. The second-order valence-electron chi connectivity index (χ2n) is 4.14. The third kappa shape index (κ3) is 2.06. The van der Waals surface area contributed by atoms with E-state index >= 15 is 0 Å². The Labute approximate surface area is 111 Å². The van der Waals surface area contributed by atoms with Crippen LogP contribution in [0.25, 0.3) is 5.57 Å². The van der Waals surface area contributed by atoms with Gasteiger partial charge in [0.05, 0.1) is 5.57 Å². The number of hydrogen-bond acceptors (Lipinski definition) is 2. The first-order valence-electron chi connectivity index (χ1n) is 5.96. The molecule has 0 bridgehead atoms. The third-order valence-corrected chi connectivity index (χ3v) is 3.46. The monoisotopic (exact) mass is 263 g/mol. The second-order valence-corrected chi connectivity index (χ2v) is 4.55. The van der Waals surface area contributed by atoms with E-state index in [9.17, 15) is 9.59 Å². The molecular weight excluding hydrogens is 250 g/mol. The van der Waals surface area contributed by atoms with Crippen molar-refractivity contribution < 1.29 is 9.59 Å². The minimum absolute atomic E-state index is 0.341. The summed E-state index contributed by atoms with van der Waals surface area (Å²) in [6.45, 7) is 4.00. The normalized spacial score (nSPS) is 14.7. The van der Waals surface area contributed by atoms with Gasteiger partial charge in [-0.25, -0.2) is 0 Å². The number of nitrogens with one attached hydrogen (secondary N) is 1. The van der Waals surface area contributed by atoms with Crippen LogP contribution >= 0.6 is 11.6 Å². The van der Waals surface area contributed by atoms with E-state index in [-0.39, 0.29) is 11.8 Å². The largest absolute Gasteiger partial charge is 0.289 e. The van der Waals surface area contributed by atoms with Gasteiger partial charge in [-0.3, -0.25) is 14.9 Å². The van der Waals surface area contributed by atoms with Crippen LogP contribution in [0, 0.1) is 0 Å². The van der Waals surface area contributed by atoms with E-state index in [2.05, 4.69) is 5.32 Å². The molecule has 2 rings (SSSR count). The third-order valence-electron chi connectivity index (χ3n) is 3.10. The van der Waals surface area contributed by atoms with Crippen LogP contribution in [0.5, 0.6) is 0 Å². The van der Waals surface area contributed by atoms with Crippen molar-refractivity contribution in [2.75, 3.05) is 0 Å². The topological polar surface area (TPSA) is 46.2 Å². The number of hydrogen-bond donors (Lipinski definition) is 1. The highest BCUT2D eigenvalue weighted by molar-refractivity contribution is 6.35. The van der Waals surface area contributed by atoms with E-state index in [0.29, 0.717) is 10.6 Å². The van der Waals surface area contributed by atoms with Gasteiger partial charge < -0.3 is 0 Å². The summed E-state index contributed by atoms with van der Waals surface area (Å²) in [6.07, 6.45) is 2.87. The van der Waals surface area contributed by atoms with Crippen molar-refractivity contribution in [2.24, 2.45) is 0 Å². The van der Waals surface area contributed by atoms with E-state index in [4.69, 9.17) is 11.6 Å². The minimum Gasteiger partial charge on any atom is -0.289 e. The predicted octanol–water partition coefficient (Wildman–Crippen LogP) is 2.50. The maximum atomic E-state index is 11.8. The summed E-state index contributed by atoms with van der Waals surface area (Å²) < 4.78 is 0. The average Bonchev–Trinajstić information content (AvgIpc) is 2.67. The van der Waals surface area contributed by atoms with E-state index in [1.54, 1.807) is 0 Å². The summed E-state index contributed by atoms with van der Waals surface area (Å²) in [5.41, 5.74) is 3.20. The van der Waals surface area contributed by atoms with Crippen molar-refractivity contribution in [1.29, 1.82) is 0 Å². The molecule has 1 N–H and O–H groups in total. The van der Waals surface area contributed by atoms with Crippen LogP contribution < -0.4 is 5.32 Å². The Hall–Kier alpha value is -1.61. The highest BCUT2D eigenvalue weighted by atomic mass is 35.5. The molecule has 94 valence electrons. The molecule has 0 aromatic heterocycles. The number of carbonyl (C=O) groups excluding carboxylic acids is 2. The summed E-state index contributed by atoms with van der Waals surface area (Å²) in [6, 6.07) is 3.76. The average molecular weight is 264 g/mol. The number of imide groups is 1. The Morgan fingerprint density at radius 2 is 1.89 bits per heavy atom. The molecule has 1 aliphatic heterocycles. The molecule has 4 heteroatoms. The van der Waals surface area contributed by atoms with Crippen LogP contribution in [0.2, 0.25) is 5.02 Å². The van der Waals surface area contributed by atoms with Crippen LogP contribution in [0.3, 0.4) is 0 Å². The van der Waals surface area contributed by atoms with Crippen LogP contribution in [0.1, 0.15) is 30.5 Å². The smallest absolute Gasteiger partial charge is 0.258 e. The lowest BCUT2D eigenvalue weighted by Crippen LogP contribution is -2.22. The van der Waals surface area contributed by atoms with Gasteiger partial charge in [-0.1, -0.05) is 31.5 Å². The fourth-order valence-corrected chi connectivity index (χ4v) is 2.54. The predicted molar refractivity (Wildman–Crippen MR) is 71.3 cm³/mol.